The Labute approximate surface area is 224 Å². The molecule has 2 saturated heterocycles. The summed E-state index contributed by atoms with van der Waals surface area (Å²) in [6.45, 7) is 2.90. The number of amides is 1. The molecule has 1 unspecified atom stereocenters. The molecular weight excluding hydrogens is 534 g/mol. The lowest BCUT2D eigenvalue weighted by molar-refractivity contribution is -0.147. The molecule has 4 nitrogen and oxygen atoms in total. The number of nitrogens with zero attached hydrogens (tertiary/aromatic N) is 2. The predicted molar refractivity (Wildman–Crippen MR) is 132 cm³/mol. The molecule has 0 spiro atoms. The Hall–Kier alpha value is -2.30. The number of hydrogen-bond acceptors (Lipinski definition) is 3. The highest BCUT2D eigenvalue weighted by molar-refractivity contribution is 5.85. The fourth-order valence-corrected chi connectivity index (χ4v) is 5.34. The van der Waals surface area contributed by atoms with Gasteiger partial charge in [0.05, 0.1) is 36.0 Å². The molecular formula is C27H31ClF6N2O2. The first-order chi connectivity index (χ1) is 17.4. The van der Waals surface area contributed by atoms with Crippen LogP contribution in [0.15, 0.2) is 48.5 Å². The SMILES string of the molecule is CC(N1CCCCC1=O)N1CCC[C@H](OCc2cc(C(F)(F)F)cc(C(F)(F)F)c2)[C@@H]1c1ccccc1.Cl. The molecule has 0 saturated carbocycles. The van der Waals surface area contributed by atoms with Crippen molar-refractivity contribution in [3.05, 3.63) is 70.8 Å². The van der Waals surface area contributed by atoms with Gasteiger partial charge in [-0.1, -0.05) is 30.3 Å². The minimum Gasteiger partial charge on any atom is -0.372 e. The molecule has 2 aliphatic rings. The number of piperidine rings is 2. The lowest BCUT2D eigenvalue weighted by Gasteiger charge is -2.48. The molecule has 0 aromatic heterocycles. The van der Waals surface area contributed by atoms with Gasteiger partial charge in [-0.3, -0.25) is 9.69 Å². The van der Waals surface area contributed by atoms with E-state index >= 15 is 0 Å². The van der Waals surface area contributed by atoms with Gasteiger partial charge in [0.25, 0.3) is 0 Å². The summed E-state index contributed by atoms with van der Waals surface area (Å²) in [6.07, 6.45) is -6.98. The Kier molecular flexibility index (Phi) is 9.76. The molecule has 0 aliphatic carbocycles. The number of hydrogen-bond donors (Lipinski definition) is 0. The van der Waals surface area contributed by atoms with Gasteiger partial charge >= 0.3 is 12.4 Å². The van der Waals surface area contributed by atoms with Crippen LogP contribution in [0.5, 0.6) is 0 Å². The third-order valence-corrected chi connectivity index (χ3v) is 7.16. The second kappa shape index (κ2) is 12.3. The normalized spacial score (nSPS) is 22.2. The Morgan fingerprint density at radius 2 is 1.55 bits per heavy atom. The van der Waals surface area contributed by atoms with Gasteiger partial charge in [0.15, 0.2) is 0 Å². The minimum atomic E-state index is -4.92. The van der Waals surface area contributed by atoms with Gasteiger partial charge in [0.2, 0.25) is 5.91 Å². The van der Waals surface area contributed by atoms with E-state index in [-0.39, 0.29) is 42.2 Å². The fourth-order valence-electron chi connectivity index (χ4n) is 5.34. The van der Waals surface area contributed by atoms with Crippen LogP contribution in [-0.4, -0.2) is 41.1 Å². The summed E-state index contributed by atoms with van der Waals surface area (Å²) in [5.74, 6) is 0.0808. The van der Waals surface area contributed by atoms with Crippen LogP contribution in [0.2, 0.25) is 0 Å². The Morgan fingerprint density at radius 3 is 2.13 bits per heavy atom. The second-order valence-electron chi connectivity index (χ2n) is 9.68. The summed E-state index contributed by atoms with van der Waals surface area (Å²) >= 11 is 0. The van der Waals surface area contributed by atoms with Gasteiger partial charge in [-0.05, 0) is 61.9 Å². The monoisotopic (exact) mass is 564 g/mol. The maximum atomic E-state index is 13.3. The third-order valence-electron chi connectivity index (χ3n) is 7.16. The smallest absolute Gasteiger partial charge is 0.372 e. The predicted octanol–water partition coefficient (Wildman–Crippen LogP) is 7.23. The lowest BCUT2D eigenvalue weighted by Crippen LogP contribution is -2.56. The Bertz CT molecular complexity index is 1050. The van der Waals surface area contributed by atoms with Crippen molar-refractivity contribution in [2.45, 2.75) is 76.3 Å². The van der Waals surface area contributed by atoms with E-state index in [4.69, 9.17) is 4.74 Å². The van der Waals surface area contributed by atoms with Gasteiger partial charge in [0.1, 0.15) is 0 Å². The van der Waals surface area contributed by atoms with Crippen molar-refractivity contribution in [3.63, 3.8) is 0 Å². The molecule has 2 heterocycles. The first kappa shape index (κ1) is 30.2. The number of likely N-dealkylation sites (tertiary alicyclic amines) is 2. The number of benzene rings is 2. The van der Waals surface area contributed by atoms with Crippen LogP contribution in [0.4, 0.5) is 26.3 Å². The van der Waals surface area contributed by atoms with Crippen molar-refractivity contribution in [3.8, 4) is 0 Å². The van der Waals surface area contributed by atoms with Crippen LogP contribution in [0.1, 0.15) is 67.3 Å². The Morgan fingerprint density at radius 1 is 0.921 bits per heavy atom. The summed E-state index contributed by atoms with van der Waals surface area (Å²) < 4.78 is 86.0. The van der Waals surface area contributed by atoms with Gasteiger partial charge in [-0.25, -0.2) is 0 Å². The van der Waals surface area contributed by atoms with Crippen LogP contribution in [0.25, 0.3) is 0 Å². The van der Waals surface area contributed by atoms with E-state index in [1.165, 1.54) is 0 Å². The summed E-state index contributed by atoms with van der Waals surface area (Å²) in [5.41, 5.74) is -1.99. The molecule has 1 amide bonds. The minimum absolute atomic E-state index is 0. The van der Waals surface area contributed by atoms with Crippen LogP contribution in [0, 0.1) is 0 Å². The molecule has 0 radical (unpaired) electrons. The highest BCUT2D eigenvalue weighted by atomic mass is 35.5. The van der Waals surface area contributed by atoms with Crippen LogP contribution < -0.4 is 0 Å². The molecule has 2 aromatic rings. The summed E-state index contributed by atoms with van der Waals surface area (Å²) in [5, 5.41) is 0. The zero-order chi connectivity index (χ0) is 26.8. The second-order valence-corrected chi connectivity index (χ2v) is 9.68. The average molecular weight is 565 g/mol. The maximum absolute atomic E-state index is 13.3. The van der Waals surface area contributed by atoms with E-state index in [1.807, 2.05) is 42.2 Å². The molecule has 11 heteroatoms. The molecule has 3 atom stereocenters. The highest BCUT2D eigenvalue weighted by Crippen LogP contribution is 2.39. The summed E-state index contributed by atoms with van der Waals surface area (Å²) in [4.78, 5) is 16.6. The first-order valence-corrected chi connectivity index (χ1v) is 12.5. The third kappa shape index (κ3) is 7.01. The van der Waals surface area contributed by atoms with Crippen LogP contribution >= 0.6 is 12.4 Å². The Balaban J connectivity index is 0.00000400. The number of halogens is 7. The number of carbonyl (C=O) groups is 1. The van der Waals surface area contributed by atoms with E-state index in [0.717, 1.165) is 24.8 Å². The molecule has 38 heavy (non-hydrogen) atoms. The zero-order valence-electron chi connectivity index (χ0n) is 20.9. The summed E-state index contributed by atoms with van der Waals surface area (Å²) in [6, 6.07) is 10.7. The standard InChI is InChI=1S/C27H30F6N2O2.ClH/c1-18(34-12-6-5-11-24(34)36)35-13-7-10-23(25(35)20-8-3-2-4-9-20)37-17-19-14-21(26(28,29)30)16-22(15-19)27(31,32)33;/h2-4,8-9,14-16,18,23,25H,5-7,10-13,17H2,1H3;1H/t18?,23-,25-;/m0./s1. The lowest BCUT2D eigenvalue weighted by atomic mass is 9.91. The van der Waals surface area contributed by atoms with E-state index in [2.05, 4.69) is 4.90 Å². The number of rotatable bonds is 6. The van der Waals surface area contributed by atoms with Crippen molar-refractivity contribution in [2.75, 3.05) is 13.1 Å². The first-order valence-electron chi connectivity index (χ1n) is 12.5. The highest BCUT2D eigenvalue weighted by Gasteiger charge is 2.40. The van der Waals surface area contributed by atoms with Crippen molar-refractivity contribution < 1.29 is 35.9 Å². The van der Waals surface area contributed by atoms with Crippen LogP contribution in [-0.2, 0) is 28.5 Å². The molecule has 2 aliphatic heterocycles. The van der Waals surface area contributed by atoms with Gasteiger partial charge in [0, 0.05) is 19.5 Å². The fraction of sp³-hybridized carbons (Fsp3) is 0.519. The molecule has 0 bridgehead atoms. The molecule has 4 rings (SSSR count). The average Bonchev–Trinajstić information content (AvgIpc) is 2.86. The van der Waals surface area contributed by atoms with Crippen molar-refractivity contribution >= 4 is 18.3 Å². The quantitative estimate of drug-likeness (QED) is 0.347. The zero-order valence-corrected chi connectivity index (χ0v) is 21.7. The molecule has 2 fully saturated rings. The van der Waals surface area contributed by atoms with E-state index in [1.54, 1.807) is 0 Å². The van der Waals surface area contributed by atoms with Crippen LogP contribution in [0.3, 0.4) is 0 Å². The van der Waals surface area contributed by atoms with E-state index < -0.39 is 36.2 Å². The molecule has 2 aromatic carbocycles. The van der Waals surface area contributed by atoms with Crippen molar-refractivity contribution in [1.29, 1.82) is 0 Å². The number of ether oxygens (including phenoxy) is 1. The number of alkyl halides is 6. The van der Waals surface area contributed by atoms with Gasteiger partial charge < -0.3 is 9.64 Å². The van der Waals surface area contributed by atoms with Gasteiger partial charge in [-0.2, -0.15) is 26.3 Å². The van der Waals surface area contributed by atoms with Crippen molar-refractivity contribution in [1.82, 2.24) is 9.80 Å². The van der Waals surface area contributed by atoms with E-state index in [9.17, 15) is 31.1 Å². The van der Waals surface area contributed by atoms with E-state index in [0.29, 0.717) is 38.1 Å². The number of carbonyl (C=O) groups excluding carboxylic acids is 1. The topological polar surface area (TPSA) is 32.8 Å². The largest absolute Gasteiger partial charge is 0.416 e. The summed E-state index contributed by atoms with van der Waals surface area (Å²) in [7, 11) is 0. The van der Waals surface area contributed by atoms with Crippen molar-refractivity contribution in [2.24, 2.45) is 0 Å². The maximum Gasteiger partial charge on any atom is 0.416 e. The molecule has 210 valence electrons. The van der Waals surface area contributed by atoms with Gasteiger partial charge in [-0.15, -0.1) is 12.4 Å². The molecule has 0 N–H and O–H groups in total.